The van der Waals surface area contributed by atoms with Crippen molar-refractivity contribution in [3.8, 4) is 0 Å². The van der Waals surface area contributed by atoms with Crippen LogP contribution in [0.1, 0.15) is 16.1 Å². The lowest BCUT2D eigenvalue weighted by molar-refractivity contribution is 0.0953. The van der Waals surface area contributed by atoms with Gasteiger partial charge in [0, 0.05) is 27.8 Å². The molecule has 106 valence electrons. The van der Waals surface area contributed by atoms with Crippen LogP contribution in [0, 0.1) is 0 Å². The Morgan fingerprint density at radius 1 is 1.29 bits per heavy atom. The molecule has 0 saturated carbocycles. The minimum absolute atomic E-state index is 0.343. The summed E-state index contributed by atoms with van der Waals surface area (Å²) >= 11 is 3.54. The van der Waals surface area contributed by atoms with Gasteiger partial charge in [-0.3, -0.25) is 15.2 Å². The molecule has 1 amide bonds. The van der Waals surface area contributed by atoms with E-state index in [0.29, 0.717) is 12.1 Å². The average molecular weight is 345 g/mol. The van der Waals surface area contributed by atoms with Crippen molar-refractivity contribution in [3.05, 3.63) is 64.5 Å². The largest absolute Gasteiger partial charge is 0.341 e. The van der Waals surface area contributed by atoms with E-state index in [-0.39, 0.29) is 5.91 Å². The molecular weight excluding hydrogens is 332 g/mol. The molecule has 0 spiro atoms. The van der Waals surface area contributed by atoms with Crippen LogP contribution in [-0.2, 0) is 6.54 Å². The number of amides is 1. The summed E-state index contributed by atoms with van der Waals surface area (Å²) in [6.45, 7) is 0.643. The van der Waals surface area contributed by atoms with E-state index < -0.39 is 0 Å². The summed E-state index contributed by atoms with van der Waals surface area (Å²) in [5.41, 5.74) is 4.54. The van der Waals surface area contributed by atoms with Crippen molar-refractivity contribution >= 4 is 32.7 Å². The molecule has 0 atom stereocenters. The summed E-state index contributed by atoms with van der Waals surface area (Å²) in [4.78, 5) is 15.7. The van der Waals surface area contributed by atoms with Crippen molar-refractivity contribution in [3.63, 3.8) is 0 Å². The van der Waals surface area contributed by atoms with Crippen molar-refractivity contribution in [2.45, 2.75) is 6.54 Å². The predicted molar refractivity (Wildman–Crippen MR) is 84.6 cm³/mol. The van der Waals surface area contributed by atoms with Crippen LogP contribution in [0.25, 0.3) is 10.9 Å². The maximum Gasteiger partial charge on any atom is 0.266 e. The van der Waals surface area contributed by atoms with Crippen LogP contribution >= 0.6 is 15.9 Å². The second kappa shape index (κ2) is 5.67. The highest BCUT2D eigenvalue weighted by atomic mass is 79.9. The van der Waals surface area contributed by atoms with Gasteiger partial charge in [0.2, 0.25) is 0 Å². The van der Waals surface area contributed by atoms with E-state index in [4.69, 9.17) is 5.84 Å². The molecule has 5 nitrogen and oxygen atoms in total. The van der Waals surface area contributed by atoms with Crippen LogP contribution in [-0.4, -0.2) is 15.5 Å². The van der Waals surface area contributed by atoms with E-state index in [1.807, 2.05) is 24.4 Å². The molecule has 0 aliphatic carbocycles. The number of nitrogens with two attached hydrogens (primary N) is 1. The quantitative estimate of drug-likeness (QED) is 0.435. The molecule has 0 radical (unpaired) electrons. The monoisotopic (exact) mass is 344 g/mol. The normalized spacial score (nSPS) is 10.8. The van der Waals surface area contributed by atoms with E-state index in [2.05, 4.69) is 43.0 Å². The average Bonchev–Trinajstić information content (AvgIpc) is 2.92. The van der Waals surface area contributed by atoms with Crippen molar-refractivity contribution < 1.29 is 4.79 Å². The number of benzene rings is 1. The van der Waals surface area contributed by atoms with Crippen LogP contribution in [0.3, 0.4) is 0 Å². The number of halogens is 1. The van der Waals surface area contributed by atoms with Gasteiger partial charge in [-0.25, -0.2) is 5.84 Å². The highest BCUT2D eigenvalue weighted by molar-refractivity contribution is 9.10. The SMILES string of the molecule is NNC(=O)c1ccc(Cn2ccc3c(Br)cccc32)nc1. The molecule has 0 saturated heterocycles. The fraction of sp³-hybridized carbons (Fsp3) is 0.0667. The van der Waals surface area contributed by atoms with Gasteiger partial charge in [0.15, 0.2) is 0 Å². The van der Waals surface area contributed by atoms with Crippen molar-refractivity contribution in [2.75, 3.05) is 0 Å². The maximum absolute atomic E-state index is 11.4. The Morgan fingerprint density at radius 2 is 2.14 bits per heavy atom. The van der Waals surface area contributed by atoms with Gasteiger partial charge in [0.25, 0.3) is 5.91 Å². The molecule has 1 aromatic carbocycles. The van der Waals surface area contributed by atoms with Gasteiger partial charge < -0.3 is 4.57 Å². The zero-order chi connectivity index (χ0) is 14.8. The second-order valence-electron chi connectivity index (χ2n) is 4.63. The molecule has 2 heterocycles. The van der Waals surface area contributed by atoms with Crippen LogP contribution < -0.4 is 11.3 Å². The first-order chi connectivity index (χ1) is 10.2. The predicted octanol–water partition coefficient (Wildman–Crippen LogP) is 2.45. The summed E-state index contributed by atoms with van der Waals surface area (Å²) in [6.07, 6.45) is 3.55. The first kappa shape index (κ1) is 13.8. The van der Waals surface area contributed by atoms with Gasteiger partial charge in [0.05, 0.1) is 17.8 Å². The third-order valence-electron chi connectivity index (χ3n) is 3.31. The molecule has 0 unspecified atom stereocenters. The van der Waals surface area contributed by atoms with Gasteiger partial charge in [-0.1, -0.05) is 22.0 Å². The summed E-state index contributed by atoms with van der Waals surface area (Å²) < 4.78 is 3.19. The van der Waals surface area contributed by atoms with Gasteiger partial charge in [-0.2, -0.15) is 0 Å². The molecule has 6 heteroatoms. The summed E-state index contributed by atoms with van der Waals surface area (Å²) in [6, 6.07) is 11.7. The molecule has 0 aliphatic rings. The summed E-state index contributed by atoms with van der Waals surface area (Å²) in [7, 11) is 0. The molecular formula is C15H13BrN4O. The fourth-order valence-corrected chi connectivity index (χ4v) is 2.72. The molecule has 3 aromatic rings. The maximum atomic E-state index is 11.4. The smallest absolute Gasteiger partial charge is 0.266 e. The van der Waals surface area contributed by atoms with E-state index in [1.54, 1.807) is 6.07 Å². The Hall–Kier alpha value is -2.18. The number of rotatable bonds is 3. The molecule has 3 rings (SSSR count). The number of nitrogen functional groups attached to an aromatic ring is 1. The van der Waals surface area contributed by atoms with Gasteiger partial charge in [-0.15, -0.1) is 0 Å². The van der Waals surface area contributed by atoms with E-state index in [9.17, 15) is 4.79 Å². The number of aromatic nitrogens is 2. The Morgan fingerprint density at radius 3 is 2.86 bits per heavy atom. The lowest BCUT2D eigenvalue weighted by atomic mass is 10.2. The first-order valence-electron chi connectivity index (χ1n) is 6.38. The minimum atomic E-state index is -0.343. The van der Waals surface area contributed by atoms with E-state index >= 15 is 0 Å². The summed E-state index contributed by atoms with van der Waals surface area (Å²) in [5, 5.41) is 1.16. The first-order valence-corrected chi connectivity index (χ1v) is 7.17. The Balaban J connectivity index is 1.88. The standard InChI is InChI=1S/C15H13BrN4O/c16-13-2-1-3-14-12(13)6-7-20(14)9-11-5-4-10(8-18-11)15(21)19-17/h1-8H,9,17H2,(H,19,21). The van der Waals surface area contributed by atoms with Crippen LogP contribution in [0.15, 0.2) is 53.3 Å². The molecule has 0 fully saturated rings. The van der Waals surface area contributed by atoms with Crippen molar-refractivity contribution in [2.24, 2.45) is 5.84 Å². The number of hydrazine groups is 1. The zero-order valence-corrected chi connectivity index (χ0v) is 12.7. The minimum Gasteiger partial charge on any atom is -0.341 e. The topological polar surface area (TPSA) is 72.9 Å². The molecule has 0 bridgehead atoms. The highest BCUT2D eigenvalue weighted by Crippen LogP contribution is 2.25. The second-order valence-corrected chi connectivity index (χ2v) is 5.48. The Labute approximate surface area is 129 Å². The lowest BCUT2D eigenvalue weighted by Crippen LogP contribution is -2.30. The van der Waals surface area contributed by atoms with Crippen molar-refractivity contribution in [1.82, 2.24) is 15.0 Å². The van der Waals surface area contributed by atoms with Crippen LogP contribution in [0.5, 0.6) is 0 Å². The Bertz CT molecular complexity index is 795. The third kappa shape index (κ3) is 2.68. The molecule has 0 aliphatic heterocycles. The van der Waals surface area contributed by atoms with Crippen molar-refractivity contribution in [1.29, 1.82) is 0 Å². The number of fused-ring (bicyclic) bond motifs is 1. The lowest BCUT2D eigenvalue weighted by Gasteiger charge is -2.06. The molecule has 2 aromatic heterocycles. The number of nitrogens with one attached hydrogen (secondary N) is 1. The van der Waals surface area contributed by atoms with Crippen LogP contribution in [0.4, 0.5) is 0 Å². The van der Waals surface area contributed by atoms with E-state index in [1.165, 1.54) is 6.20 Å². The number of carbonyl (C=O) groups is 1. The molecule has 3 N–H and O–H groups in total. The molecule has 21 heavy (non-hydrogen) atoms. The number of hydrogen-bond acceptors (Lipinski definition) is 3. The van der Waals surface area contributed by atoms with Crippen LogP contribution in [0.2, 0.25) is 0 Å². The Kier molecular flexibility index (Phi) is 3.72. The summed E-state index contributed by atoms with van der Waals surface area (Å²) in [5.74, 6) is 4.75. The van der Waals surface area contributed by atoms with E-state index in [0.717, 1.165) is 21.1 Å². The number of carbonyl (C=O) groups excluding carboxylic acids is 1. The fourth-order valence-electron chi connectivity index (χ4n) is 2.23. The number of hydrogen-bond donors (Lipinski definition) is 2. The van der Waals surface area contributed by atoms with Gasteiger partial charge in [0.1, 0.15) is 0 Å². The number of nitrogens with zero attached hydrogens (tertiary/aromatic N) is 2. The zero-order valence-electron chi connectivity index (χ0n) is 11.1. The highest BCUT2D eigenvalue weighted by Gasteiger charge is 2.07. The van der Waals surface area contributed by atoms with Gasteiger partial charge in [-0.05, 0) is 30.3 Å². The van der Waals surface area contributed by atoms with Gasteiger partial charge >= 0.3 is 0 Å². The number of pyridine rings is 1. The third-order valence-corrected chi connectivity index (χ3v) is 4.00.